The zero-order valence-electron chi connectivity index (χ0n) is 18.2. The number of amides is 1. The van der Waals surface area contributed by atoms with E-state index in [9.17, 15) is 4.79 Å². The maximum Gasteiger partial charge on any atom is 0.251 e. The lowest BCUT2D eigenvalue weighted by molar-refractivity contribution is 0.0953. The number of aliphatic imine (C=N–C) groups is 1. The van der Waals surface area contributed by atoms with Gasteiger partial charge in [0.15, 0.2) is 0 Å². The summed E-state index contributed by atoms with van der Waals surface area (Å²) < 4.78 is 0. The molecule has 1 heterocycles. The molecule has 1 aliphatic heterocycles. The van der Waals surface area contributed by atoms with E-state index in [4.69, 9.17) is 4.99 Å². The second-order valence-electron chi connectivity index (χ2n) is 7.95. The van der Waals surface area contributed by atoms with Gasteiger partial charge in [0, 0.05) is 33.0 Å². The minimum absolute atomic E-state index is 0.0610. The highest BCUT2D eigenvalue weighted by Gasteiger charge is 2.19. The van der Waals surface area contributed by atoms with Gasteiger partial charge in [-0.1, -0.05) is 90.6 Å². The molecule has 0 bridgehead atoms. The SMILES string of the molecule is O=C(NCCCc1ccccc1)c1ccc2c(c1)N=C(c1ccccc1)c1ccccc1S2. The Kier molecular flexibility index (Phi) is 6.36. The van der Waals surface area contributed by atoms with E-state index in [-0.39, 0.29) is 5.91 Å². The van der Waals surface area contributed by atoms with Gasteiger partial charge in [0.1, 0.15) is 0 Å². The maximum absolute atomic E-state index is 12.8. The van der Waals surface area contributed by atoms with Crippen LogP contribution in [-0.4, -0.2) is 18.2 Å². The number of carbonyl (C=O) groups is 1. The van der Waals surface area contributed by atoms with E-state index >= 15 is 0 Å². The molecule has 0 saturated heterocycles. The van der Waals surface area contributed by atoms with Crippen molar-refractivity contribution in [3.63, 3.8) is 0 Å². The number of carbonyl (C=O) groups excluding carboxylic acids is 1. The molecule has 0 aromatic heterocycles. The third kappa shape index (κ3) is 4.91. The van der Waals surface area contributed by atoms with E-state index in [0.717, 1.165) is 45.2 Å². The Bertz CT molecular complexity index is 1300. The van der Waals surface area contributed by atoms with Crippen LogP contribution >= 0.6 is 11.8 Å². The van der Waals surface area contributed by atoms with Gasteiger partial charge < -0.3 is 5.32 Å². The normalized spacial score (nSPS) is 12.2. The number of nitrogens with one attached hydrogen (secondary N) is 1. The molecule has 3 nitrogen and oxygen atoms in total. The van der Waals surface area contributed by atoms with Gasteiger partial charge in [-0.3, -0.25) is 4.79 Å². The number of hydrogen-bond donors (Lipinski definition) is 1. The molecule has 4 heteroatoms. The first-order chi connectivity index (χ1) is 16.3. The number of benzene rings is 4. The van der Waals surface area contributed by atoms with Crippen molar-refractivity contribution in [2.75, 3.05) is 6.54 Å². The number of hydrogen-bond acceptors (Lipinski definition) is 3. The number of aryl methyl sites for hydroxylation is 1. The molecular formula is C29H24N2OS. The summed E-state index contributed by atoms with van der Waals surface area (Å²) in [6, 6.07) is 34.7. The molecule has 0 spiro atoms. The Morgan fingerprint density at radius 2 is 1.52 bits per heavy atom. The summed E-state index contributed by atoms with van der Waals surface area (Å²) in [7, 11) is 0. The third-order valence-electron chi connectivity index (χ3n) is 5.63. The Morgan fingerprint density at radius 1 is 0.788 bits per heavy atom. The third-order valence-corrected chi connectivity index (χ3v) is 6.77. The van der Waals surface area contributed by atoms with Crippen molar-refractivity contribution in [2.24, 2.45) is 4.99 Å². The molecule has 0 fully saturated rings. The molecule has 0 saturated carbocycles. The molecule has 5 rings (SSSR count). The van der Waals surface area contributed by atoms with Gasteiger partial charge in [-0.2, -0.15) is 0 Å². The first-order valence-corrected chi connectivity index (χ1v) is 12.0. The fourth-order valence-electron chi connectivity index (χ4n) is 3.94. The second kappa shape index (κ2) is 9.88. The Labute approximate surface area is 198 Å². The Balaban J connectivity index is 1.38. The Morgan fingerprint density at radius 3 is 2.33 bits per heavy atom. The van der Waals surface area contributed by atoms with Crippen LogP contribution in [0.4, 0.5) is 5.69 Å². The second-order valence-corrected chi connectivity index (χ2v) is 9.04. The average molecular weight is 449 g/mol. The highest BCUT2D eigenvalue weighted by atomic mass is 32.2. The minimum atomic E-state index is -0.0610. The molecule has 33 heavy (non-hydrogen) atoms. The average Bonchev–Trinajstić information content (AvgIpc) is 3.04. The lowest BCUT2D eigenvalue weighted by Crippen LogP contribution is -2.24. The van der Waals surface area contributed by atoms with E-state index in [2.05, 4.69) is 47.8 Å². The number of rotatable bonds is 6. The standard InChI is InChI=1S/C29H24N2OS/c32-29(30-19-9-12-21-10-3-1-4-11-21)23-17-18-27-25(20-23)31-28(22-13-5-2-6-14-22)24-15-7-8-16-26(24)33-27/h1-8,10-11,13-18,20H,9,12,19H2,(H,30,32). The predicted octanol–water partition coefficient (Wildman–Crippen LogP) is 6.68. The molecule has 1 N–H and O–H groups in total. The highest BCUT2D eigenvalue weighted by molar-refractivity contribution is 7.99. The molecule has 0 radical (unpaired) electrons. The maximum atomic E-state index is 12.8. The summed E-state index contributed by atoms with van der Waals surface area (Å²) in [5.41, 5.74) is 5.85. The van der Waals surface area contributed by atoms with Gasteiger partial charge in [-0.25, -0.2) is 4.99 Å². The molecule has 162 valence electrons. The van der Waals surface area contributed by atoms with Crippen LogP contribution in [0.5, 0.6) is 0 Å². The smallest absolute Gasteiger partial charge is 0.251 e. The van der Waals surface area contributed by atoms with Crippen molar-refractivity contribution in [1.29, 1.82) is 0 Å². The molecule has 1 amide bonds. The van der Waals surface area contributed by atoms with Crippen molar-refractivity contribution in [3.8, 4) is 0 Å². The molecule has 0 unspecified atom stereocenters. The van der Waals surface area contributed by atoms with Gasteiger partial charge in [-0.15, -0.1) is 0 Å². The van der Waals surface area contributed by atoms with Crippen molar-refractivity contribution in [3.05, 3.63) is 125 Å². The van der Waals surface area contributed by atoms with Crippen LogP contribution in [0.25, 0.3) is 0 Å². The summed E-state index contributed by atoms with van der Waals surface area (Å²) in [6.07, 6.45) is 1.85. The zero-order valence-corrected chi connectivity index (χ0v) is 19.0. The van der Waals surface area contributed by atoms with E-state index in [0.29, 0.717) is 12.1 Å². The highest BCUT2D eigenvalue weighted by Crippen LogP contribution is 2.41. The first-order valence-electron chi connectivity index (χ1n) is 11.2. The molecule has 4 aromatic carbocycles. The fraction of sp³-hybridized carbons (Fsp3) is 0.103. The topological polar surface area (TPSA) is 41.5 Å². The summed E-state index contributed by atoms with van der Waals surface area (Å²) >= 11 is 1.69. The molecular weight excluding hydrogens is 424 g/mol. The first kappa shape index (κ1) is 21.2. The van der Waals surface area contributed by atoms with E-state index < -0.39 is 0 Å². The van der Waals surface area contributed by atoms with Crippen LogP contribution < -0.4 is 5.32 Å². The monoisotopic (exact) mass is 448 g/mol. The molecule has 0 aliphatic carbocycles. The van der Waals surface area contributed by atoms with Crippen molar-refractivity contribution < 1.29 is 4.79 Å². The summed E-state index contributed by atoms with van der Waals surface area (Å²) in [5.74, 6) is -0.0610. The van der Waals surface area contributed by atoms with Gasteiger partial charge >= 0.3 is 0 Å². The van der Waals surface area contributed by atoms with E-state index in [1.165, 1.54) is 5.56 Å². The zero-order chi connectivity index (χ0) is 22.5. The summed E-state index contributed by atoms with van der Waals surface area (Å²) in [6.45, 7) is 0.642. The van der Waals surface area contributed by atoms with Crippen LogP contribution in [0.3, 0.4) is 0 Å². The van der Waals surface area contributed by atoms with Gasteiger partial charge in [0.05, 0.1) is 11.4 Å². The predicted molar refractivity (Wildman–Crippen MR) is 136 cm³/mol. The van der Waals surface area contributed by atoms with Gasteiger partial charge in [0.25, 0.3) is 5.91 Å². The van der Waals surface area contributed by atoms with Crippen LogP contribution in [0.1, 0.15) is 33.5 Å². The fourth-order valence-corrected chi connectivity index (χ4v) is 4.94. The van der Waals surface area contributed by atoms with Gasteiger partial charge in [-0.05, 0) is 42.7 Å². The molecule has 4 aromatic rings. The quantitative estimate of drug-likeness (QED) is 0.294. The van der Waals surface area contributed by atoms with Crippen molar-refractivity contribution in [2.45, 2.75) is 22.6 Å². The lowest BCUT2D eigenvalue weighted by Gasteiger charge is -2.08. The largest absolute Gasteiger partial charge is 0.352 e. The van der Waals surface area contributed by atoms with Crippen LogP contribution in [0.15, 0.2) is 118 Å². The lowest BCUT2D eigenvalue weighted by atomic mass is 10.0. The van der Waals surface area contributed by atoms with E-state index in [1.54, 1.807) is 11.8 Å². The summed E-state index contributed by atoms with van der Waals surface area (Å²) in [5, 5.41) is 3.06. The Hall–Kier alpha value is -3.63. The number of nitrogens with zero attached hydrogens (tertiary/aromatic N) is 1. The van der Waals surface area contributed by atoms with Crippen LogP contribution in [0, 0.1) is 0 Å². The van der Waals surface area contributed by atoms with Crippen molar-refractivity contribution in [1.82, 2.24) is 5.32 Å². The molecule has 1 aliphatic rings. The summed E-state index contributed by atoms with van der Waals surface area (Å²) in [4.78, 5) is 20.1. The van der Waals surface area contributed by atoms with Crippen LogP contribution in [-0.2, 0) is 6.42 Å². The van der Waals surface area contributed by atoms with E-state index in [1.807, 2.05) is 60.7 Å². The van der Waals surface area contributed by atoms with Crippen molar-refractivity contribution >= 4 is 29.1 Å². The number of fused-ring (bicyclic) bond motifs is 2. The van der Waals surface area contributed by atoms with Gasteiger partial charge in [0.2, 0.25) is 0 Å². The van der Waals surface area contributed by atoms with Crippen LogP contribution in [0.2, 0.25) is 0 Å². The minimum Gasteiger partial charge on any atom is -0.352 e. The molecule has 0 atom stereocenters.